The Labute approximate surface area is 90.5 Å². The lowest BCUT2D eigenvalue weighted by Gasteiger charge is -2.03. The minimum absolute atomic E-state index is 0.168. The summed E-state index contributed by atoms with van der Waals surface area (Å²) in [4.78, 5) is 11.7. The summed E-state index contributed by atoms with van der Waals surface area (Å²) in [5.74, 6) is -1.93. The first-order valence-corrected chi connectivity index (χ1v) is 4.62. The van der Waals surface area contributed by atoms with Gasteiger partial charge in [0.05, 0.1) is 17.4 Å². The molecule has 2 nitrogen and oxygen atoms in total. The van der Waals surface area contributed by atoms with Gasteiger partial charge in [-0.3, -0.25) is 4.79 Å². The number of halogens is 2. The van der Waals surface area contributed by atoms with Crippen LogP contribution in [0.1, 0.15) is 21.5 Å². The quantitative estimate of drug-likeness (QED) is 0.731. The van der Waals surface area contributed by atoms with Crippen LogP contribution < -0.4 is 0 Å². The molecule has 0 saturated heterocycles. The Morgan fingerprint density at radius 3 is 2.62 bits per heavy atom. The lowest BCUT2D eigenvalue weighted by atomic mass is 10.0. The van der Waals surface area contributed by atoms with Crippen molar-refractivity contribution in [1.82, 2.24) is 0 Å². The van der Waals surface area contributed by atoms with E-state index in [1.807, 2.05) is 0 Å². The van der Waals surface area contributed by atoms with E-state index in [-0.39, 0.29) is 16.7 Å². The maximum Gasteiger partial charge on any atom is 0.199 e. The van der Waals surface area contributed by atoms with Crippen molar-refractivity contribution in [2.24, 2.45) is 0 Å². The molecule has 0 aliphatic heterocycles. The fourth-order valence-corrected chi connectivity index (χ4v) is 1.37. The van der Waals surface area contributed by atoms with Crippen LogP contribution in [0.15, 0.2) is 35.1 Å². The van der Waals surface area contributed by atoms with Crippen molar-refractivity contribution in [1.29, 1.82) is 0 Å². The molecular formula is C12H8F2O2. The summed E-state index contributed by atoms with van der Waals surface area (Å²) >= 11 is 0. The van der Waals surface area contributed by atoms with E-state index in [4.69, 9.17) is 4.42 Å². The van der Waals surface area contributed by atoms with Gasteiger partial charge < -0.3 is 4.42 Å². The number of furan rings is 1. The lowest BCUT2D eigenvalue weighted by Crippen LogP contribution is -2.04. The molecule has 1 aromatic carbocycles. The van der Waals surface area contributed by atoms with E-state index in [0.717, 1.165) is 12.1 Å². The van der Waals surface area contributed by atoms with E-state index in [9.17, 15) is 13.6 Å². The van der Waals surface area contributed by atoms with Crippen LogP contribution in [0.2, 0.25) is 0 Å². The van der Waals surface area contributed by atoms with Crippen LogP contribution in [0.25, 0.3) is 0 Å². The molecule has 2 aromatic rings. The van der Waals surface area contributed by atoms with Crippen LogP contribution in [0.3, 0.4) is 0 Å². The van der Waals surface area contributed by atoms with Gasteiger partial charge in [-0.1, -0.05) is 0 Å². The molecule has 0 aliphatic carbocycles. The Kier molecular flexibility index (Phi) is 2.56. The maximum absolute atomic E-state index is 13.5. The van der Waals surface area contributed by atoms with Crippen molar-refractivity contribution in [2.75, 3.05) is 0 Å². The molecule has 2 rings (SSSR count). The van der Waals surface area contributed by atoms with Gasteiger partial charge in [0, 0.05) is 0 Å². The summed E-state index contributed by atoms with van der Waals surface area (Å²) in [5.41, 5.74) is 0.0768. The molecule has 4 heteroatoms. The average Bonchev–Trinajstić information content (AvgIpc) is 2.75. The molecule has 1 heterocycles. The third kappa shape index (κ3) is 1.74. The fourth-order valence-electron chi connectivity index (χ4n) is 1.37. The van der Waals surface area contributed by atoms with Gasteiger partial charge in [-0.25, -0.2) is 8.78 Å². The predicted octanol–water partition coefficient (Wildman–Crippen LogP) is 3.10. The molecule has 1 aromatic heterocycles. The van der Waals surface area contributed by atoms with E-state index in [2.05, 4.69) is 0 Å². The number of benzene rings is 1. The molecule has 0 aliphatic rings. The van der Waals surface area contributed by atoms with Crippen molar-refractivity contribution < 1.29 is 18.0 Å². The van der Waals surface area contributed by atoms with Crippen molar-refractivity contribution in [3.05, 3.63) is 59.1 Å². The number of carbonyl (C=O) groups excluding carboxylic acids is 1. The number of hydrogen-bond acceptors (Lipinski definition) is 2. The van der Waals surface area contributed by atoms with Crippen LogP contribution >= 0.6 is 0 Å². The fraction of sp³-hybridized carbons (Fsp3) is 0.0833. The first kappa shape index (κ1) is 10.5. The summed E-state index contributed by atoms with van der Waals surface area (Å²) in [6, 6.07) is 3.31. The van der Waals surface area contributed by atoms with Gasteiger partial charge in [0.25, 0.3) is 0 Å². The number of carbonyl (C=O) groups is 1. The van der Waals surface area contributed by atoms with E-state index in [1.54, 1.807) is 0 Å². The second kappa shape index (κ2) is 3.89. The predicted molar refractivity (Wildman–Crippen MR) is 53.2 cm³/mol. The molecule has 0 saturated carbocycles. The normalized spacial score (nSPS) is 10.4. The molecule has 0 amide bonds. The number of hydrogen-bond donors (Lipinski definition) is 0. The number of ketones is 1. The van der Waals surface area contributed by atoms with Crippen LogP contribution in [0, 0.1) is 18.6 Å². The highest BCUT2D eigenvalue weighted by molar-refractivity contribution is 6.08. The third-order valence-electron chi connectivity index (χ3n) is 2.28. The summed E-state index contributed by atoms with van der Waals surface area (Å²) in [5, 5.41) is 0. The average molecular weight is 222 g/mol. The molecule has 0 atom stereocenters. The highest BCUT2D eigenvalue weighted by Crippen LogP contribution is 2.18. The molecule has 0 radical (unpaired) electrons. The summed E-state index contributed by atoms with van der Waals surface area (Å²) in [7, 11) is 0. The molecule has 0 fully saturated rings. The minimum atomic E-state index is -0.731. The maximum atomic E-state index is 13.5. The zero-order valence-corrected chi connectivity index (χ0v) is 8.46. The Hall–Kier alpha value is -1.97. The van der Waals surface area contributed by atoms with Crippen LogP contribution in [-0.4, -0.2) is 5.78 Å². The van der Waals surface area contributed by atoms with Gasteiger partial charge in [0.1, 0.15) is 17.9 Å². The van der Waals surface area contributed by atoms with Gasteiger partial charge in [0.2, 0.25) is 0 Å². The van der Waals surface area contributed by atoms with Crippen molar-refractivity contribution in [3.8, 4) is 0 Å². The SMILES string of the molecule is Cc1cc(F)c(C(=O)c2ccoc2)cc1F. The Bertz CT molecular complexity index is 530. The summed E-state index contributed by atoms with van der Waals surface area (Å²) < 4.78 is 31.4. The standard InChI is InChI=1S/C12H8F2O2/c1-7-4-11(14)9(5-10(7)13)12(15)8-2-3-16-6-8/h2-6H,1H3. The molecule has 0 spiro atoms. The molecule has 16 heavy (non-hydrogen) atoms. The zero-order chi connectivity index (χ0) is 11.7. The Morgan fingerprint density at radius 1 is 1.25 bits per heavy atom. The molecule has 82 valence electrons. The largest absolute Gasteiger partial charge is 0.472 e. The van der Waals surface area contributed by atoms with E-state index in [0.29, 0.717) is 0 Å². The molecule has 0 N–H and O–H groups in total. The van der Waals surface area contributed by atoms with Gasteiger partial charge in [-0.05, 0) is 30.7 Å². The highest BCUT2D eigenvalue weighted by Gasteiger charge is 2.17. The molecule has 0 unspecified atom stereocenters. The van der Waals surface area contributed by atoms with E-state index < -0.39 is 17.4 Å². The van der Waals surface area contributed by atoms with Crippen LogP contribution in [-0.2, 0) is 0 Å². The lowest BCUT2D eigenvalue weighted by molar-refractivity contribution is 0.103. The summed E-state index contributed by atoms with van der Waals surface area (Å²) in [6.45, 7) is 1.44. The topological polar surface area (TPSA) is 30.2 Å². The van der Waals surface area contributed by atoms with E-state index in [1.165, 1.54) is 25.5 Å². The van der Waals surface area contributed by atoms with Crippen molar-refractivity contribution in [3.63, 3.8) is 0 Å². The third-order valence-corrected chi connectivity index (χ3v) is 2.28. The first-order chi connectivity index (χ1) is 7.59. The Morgan fingerprint density at radius 2 is 2.00 bits per heavy atom. The molecule has 0 bridgehead atoms. The smallest absolute Gasteiger partial charge is 0.199 e. The number of rotatable bonds is 2. The molecular weight excluding hydrogens is 214 g/mol. The van der Waals surface area contributed by atoms with Gasteiger partial charge >= 0.3 is 0 Å². The second-order valence-electron chi connectivity index (χ2n) is 3.42. The highest BCUT2D eigenvalue weighted by atomic mass is 19.1. The van der Waals surface area contributed by atoms with Crippen LogP contribution in [0.4, 0.5) is 8.78 Å². The van der Waals surface area contributed by atoms with Gasteiger partial charge in [0.15, 0.2) is 5.78 Å². The monoisotopic (exact) mass is 222 g/mol. The van der Waals surface area contributed by atoms with Crippen LogP contribution in [0.5, 0.6) is 0 Å². The Balaban J connectivity index is 2.49. The van der Waals surface area contributed by atoms with Crippen molar-refractivity contribution in [2.45, 2.75) is 6.92 Å². The summed E-state index contributed by atoms with van der Waals surface area (Å²) in [6.07, 6.45) is 2.50. The zero-order valence-electron chi connectivity index (χ0n) is 8.46. The van der Waals surface area contributed by atoms with Gasteiger partial charge in [-0.2, -0.15) is 0 Å². The van der Waals surface area contributed by atoms with Gasteiger partial charge in [-0.15, -0.1) is 0 Å². The number of aryl methyl sites for hydroxylation is 1. The minimum Gasteiger partial charge on any atom is -0.472 e. The van der Waals surface area contributed by atoms with E-state index >= 15 is 0 Å². The second-order valence-corrected chi connectivity index (χ2v) is 3.42. The van der Waals surface area contributed by atoms with Crippen molar-refractivity contribution >= 4 is 5.78 Å². The first-order valence-electron chi connectivity index (χ1n) is 4.62.